The van der Waals surface area contributed by atoms with E-state index in [-0.39, 0.29) is 5.91 Å². The van der Waals surface area contributed by atoms with Crippen LogP contribution in [0.3, 0.4) is 0 Å². The number of ether oxygens (including phenoxy) is 1. The Hall–Kier alpha value is -2.12. The quantitative estimate of drug-likeness (QED) is 0.245. The summed E-state index contributed by atoms with van der Waals surface area (Å²) in [4.78, 5) is 16.0. The van der Waals surface area contributed by atoms with Crippen LogP contribution in [0.1, 0.15) is 10.4 Å². The summed E-state index contributed by atoms with van der Waals surface area (Å²) in [6.45, 7) is 1.21. The largest absolute Gasteiger partial charge is 0.489 e. The third-order valence-electron chi connectivity index (χ3n) is 5.07. The van der Waals surface area contributed by atoms with E-state index in [0.717, 1.165) is 26.4 Å². The Kier molecular flexibility index (Phi) is 7.05. The maximum atomic E-state index is 13.9. The Balaban J connectivity index is 2.05. The molecule has 3 aromatic carbocycles. The molecule has 32 heavy (non-hydrogen) atoms. The molecule has 0 atom stereocenters. The molecule has 0 saturated heterocycles. The van der Waals surface area contributed by atoms with E-state index in [2.05, 4.69) is 36.8 Å². The molecule has 0 N–H and O–H groups in total. The first-order chi connectivity index (χ1) is 15.4. The molecule has 4 rings (SSSR count). The highest BCUT2D eigenvalue weighted by molar-refractivity contribution is 9.11. The number of fused-ring (bicyclic) bond motifs is 1. The van der Waals surface area contributed by atoms with Gasteiger partial charge >= 0.3 is 0 Å². The molecule has 0 aliphatic heterocycles. The lowest BCUT2D eigenvalue weighted by Gasteiger charge is -2.14. The Labute approximate surface area is 209 Å². The highest BCUT2D eigenvalue weighted by Gasteiger charge is 2.27. The first kappa shape index (κ1) is 23.1. The van der Waals surface area contributed by atoms with Gasteiger partial charge in [0.1, 0.15) is 6.61 Å². The van der Waals surface area contributed by atoms with Gasteiger partial charge in [-0.05, 0) is 70.2 Å². The summed E-state index contributed by atoms with van der Waals surface area (Å²) in [5.74, 6) is 0.475. The van der Waals surface area contributed by atoms with Crippen molar-refractivity contribution in [1.82, 2.24) is 9.47 Å². The normalized spacial score (nSPS) is 11.3. The highest BCUT2D eigenvalue weighted by Crippen LogP contribution is 2.44. The van der Waals surface area contributed by atoms with E-state index in [9.17, 15) is 4.79 Å². The van der Waals surface area contributed by atoms with Crippen LogP contribution in [-0.4, -0.2) is 42.6 Å². The molecule has 0 fully saturated rings. The predicted molar refractivity (Wildman–Crippen MR) is 138 cm³/mol. The third-order valence-corrected chi connectivity index (χ3v) is 6.59. The lowest BCUT2D eigenvalue weighted by molar-refractivity contribution is 0.0965. The van der Waals surface area contributed by atoms with Gasteiger partial charge in [-0.15, -0.1) is 0 Å². The van der Waals surface area contributed by atoms with Crippen molar-refractivity contribution < 1.29 is 9.53 Å². The van der Waals surface area contributed by atoms with E-state index in [4.69, 9.17) is 16.3 Å². The van der Waals surface area contributed by atoms with E-state index in [1.54, 1.807) is 10.6 Å². The van der Waals surface area contributed by atoms with E-state index in [1.165, 1.54) is 0 Å². The molecule has 0 aliphatic carbocycles. The molecule has 164 valence electrons. The lowest BCUT2D eigenvalue weighted by Crippen LogP contribution is -2.19. The average molecular weight is 577 g/mol. The van der Waals surface area contributed by atoms with Crippen LogP contribution in [0.25, 0.3) is 22.2 Å². The number of hydrogen-bond acceptors (Lipinski definition) is 3. The van der Waals surface area contributed by atoms with Crippen molar-refractivity contribution in [3.05, 3.63) is 86.3 Å². The number of carbonyl (C=O) groups is 1. The molecular formula is C25H21Br2ClN2O2. The third kappa shape index (κ3) is 4.50. The summed E-state index contributed by atoms with van der Waals surface area (Å²) >= 11 is 13.6. The molecule has 0 bridgehead atoms. The monoisotopic (exact) mass is 574 g/mol. The van der Waals surface area contributed by atoms with Gasteiger partial charge in [-0.3, -0.25) is 9.36 Å². The smallest absolute Gasteiger partial charge is 0.264 e. The van der Waals surface area contributed by atoms with Gasteiger partial charge < -0.3 is 9.64 Å². The number of likely N-dealkylation sites (N-methyl/N-ethyl adjacent to an activating group) is 1. The number of rotatable bonds is 6. The summed E-state index contributed by atoms with van der Waals surface area (Å²) in [5.41, 5.74) is 2.85. The molecule has 0 radical (unpaired) electrons. The number of aromatic nitrogens is 1. The molecule has 4 nitrogen and oxygen atoms in total. The fraction of sp³-hybridized carbons (Fsp3) is 0.160. The van der Waals surface area contributed by atoms with Gasteiger partial charge in [0, 0.05) is 31.5 Å². The van der Waals surface area contributed by atoms with Crippen molar-refractivity contribution >= 4 is 60.3 Å². The summed E-state index contributed by atoms with van der Waals surface area (Å²) < 4.78 is 9.49. The second kappa shape index (κ2) is 9.79. The summed E-state index contributed by atoms with van der Waals surface area (Å²) in [5, 5.41) is 1.34. The SMILES string of the molecule is CN(C)CCOc1c(-c2ccccc2)n(C(=O)c2ccccc2Br)c2c(Br)cc(Cl)cc12. The first-order valence-corrected chi connectivity index (χ1v) is 12.0. The second-order valence-corrected chi connectivity index (χ2v) is 9.74. The topological polar surface area (TPSA) is 34.5 Å². The Morgan fingerprint density at radius 1 is 1.00 bits per heavy atom. The predicted octanol–water partition coefficient (Wildman–Crippen LogP) is 7.12. The fourth-order valence-electron chi connectivity index (χ4n) is 3.60. The zero-order valence-electron chi connectivity index (χ0n) is 17.6. The summed E-state index contributed by atoms with van der Waals surface area (Å²) in [7, 11) is 3.99. The molecule has 1 heterocycles. The molecule has 0 spiro atoms. The van der Waals surface area contributed by atoms with Crippen LogP contribution >= 0.6 is 43.5 Å². The molecule has 7 heteroatoms. The van der Waals surface area contributed by atoms with E-state index >= 15 is 0 Å². The van der Waals surface area contributed by atoms with Crippen LogP contribution in [0.4, 0.5) is 0 Å². The van der Waals surface area contributed by atoms with Crippen LogP contribution in [0.2, 0.25) is 5.02 Å². The standard InChI is InChI=1S/C25H21Br2ClN2O2/c1-29(2)12-13-32-24-19-14-17(28)15-21(27)23(19)30(22(24)16-8-4-3-5-9-16)25(31)18-10-6-7-11-20(18)26/h3-11,14-15H,12-13H2,1-2H3. The second-order valence-electron chi connectivity index (χ2n) is 7.60. The Bertz CT molecular complexity index is 1290. The Morgan fingerprint density at radius 3 is 2.38 bits per heavy atom. The van der Waals surface area contributed by atoms with Crippen LogP contribution in [-0.2, 0) is 0 Å². The van der Waals surface area contributed by atoms with Crippen molar-refractivity contribution in [3.63, 3.8) is 0 Å². The minimum atomic E-state index is -0.160. The minimum Gasteiger partial charge on any atom is -0.489 e. The maximum absolute atomic E-state index is 13.9. The lowest BCUT2D eigenvalue weighted by atomic mass is 10.1. The van der Waals surface area contributed by atoms with Crippen molar-refractivity contribution in [3.8, 4) is 17.0 Å². The molecule has 0 aliphatic rings. The van der Waals surface area contributed by atoms with Crippen LogP contribution in [0.5, 0.6) is 5.75 Å². The van der Waals surface area contributed by atoms with E-state index < -0.39 is 0 Å². The summed E-state index contributed by atoms with van der Waals surface area (Å²) in [6.07, 6.45) is 0. The molecule has 1 aromatic heterocycles. The van der Waals surface area contributed by atoms with E-state index in [0.29, 0.717) is 34.2 Å². The van der Waals surface area contributed by atoms with Crippen molar-refractivity contribution in [2.45, 2.75) is 0 Å². The van der Waals surface area contributed by atoms with Crippen molar-refractivity contribution in [2.75, 3.05) is 27.2 Å². The number of hydrogen-bond donors (Lipinski definition) is 0. The Morgan fingerprint density at radius 2 is 1.69 bits per heavy atom. The van der Waals surface area contributed by atoms with Crippen molar-refractivity contribution in [2.24, 2.45) is 0 Å². The average Bonchev–Trinajstić information content (AvgIpc) is 3.08. The minimum absolute atomic E-state index is 0.160. The van der Waals surface area contributed by atoms with Crippen LogP contribution in [0.15, 0.2) is 75.7 Å². The van der Waals surface area contributed by atoms with Gasteiger partial charge in [0.2, 0.25) is 0 Å². The van der Waals surface area contributed by atoms with Gasteiger partial charge in [0.05, 0.1) is 16.8 Å². The maximum Gasteiger partial charge on any atom is 0.264 e. The molecule has 0 amide bonds. The van der Waals surface area contributed by atoms with Gasteiger partial charge in [-0.2, -0.15) is 0 Å². The van der Waals surface area contributed by atoms with E-state index in [1.807, 2.05) is 74.8 Å². The first-order valence-electron chi connectivity index (χ1n) is 10.0. The number of carbonyl (C=O) groups excluding carboxylic acids is 1. The van der Waals surface area contributed by atoms with Gasteiger partial charge in [0.25, 0.3) is 5.91 Å². The fourth-order valence-corrected chi connectivity index (χ4v) is 5.04. The number of benzene rings is 3. The van der Waals surface area contributed by atoms with Gasteiger partial charge in [0.15, 0.2) is 5.75 Å². The molecule has 4 aromatic rings. The summed E-state index contributed by atoms with van der Waals surface area (Å²) in [6, 6.07) is 20.9. The van der Waals surface area contributed by atoms with Crippen molar-refractivity contribution in [1.29, 1.82) is 0 Å². The van der Waals surface area contributed by atoms with Crippen LogP contribution < -0.4 is 4.74 Å². The molecule has 0 unspecified atom stereocenters. The van der Waals surface area contributed by atoms with Gasteiger partial charge in [-0.1, -0.05) is 54.1 Å². The van der Waals surface area contributed by atoms with Gasteiger partial charge in [-0.25, -0.2) is 0 Å². The molecular weight excluding hydrogens is 556 g/mol. The highest BCUT2D eigenvalue weighted by atomic mass is 79.9. The number of nitrogens with zero attached hydrogens (tertiary/aromatic N) is 2. The number of halogens is 3. The van der Waals surface area contributed by atoms with Crippen LogP contribution in [0, 0.1) is 0 Å². The zero-order valence-corrected chi connectivity index (χ0v) is 21.5. The molecule has 0 saturated carbocycles. The zero-order chi connectivity index (χ0) is 22.8.